The third kappa shape index (κ3) is 4.61. The van der Waals surface area contributed by atoms with Crippen molar-refractivity contribution in [2.45, 2.75) is 53.2 Å². The number of nitrogens with zero attached hydrogens (tertiary/aromatic N) is 2. The smallest absolute Gasteiger partial charge is 0.408 e. The summed E-state index contributed by atoms with van der Waals surface area (Å²) in [7, 11) is 0. The van der Waals surface area contributed by atoms with Crippen LogP contribution >= 0.6 is 0 Å². The number of hydrogen-bond acceptors (Lipinski definition) is 3. The van der Waals surface area contributed by atoms with Gasteiger partial charge >= 0.3 is 6.09 Å². The lowest BCUT2D eigenvalue weighted by molar-refractivity contribution is 0.0937. The average Bonchev–Trinajstić information content (AvgIpc) is 2.67. The molecule has 0 fully saturated rings. The lowest BCUT2D eigenvalue weighted by atomic mass is 9.95. The Balaban J connectivity index is 2.49. The number of aromatic nitrogens is 1. The van der Waals surface area contributed by atoms with Gasteiger partial charge in [0.15, 0.2) is 0 Å². The number of aromatic hydroxyl groups is 1. The fourth-order valence-corrected chi connectivity index (χ4v) is 3.91. The number of pyridine rings is 1. The van der Waals surface area contributed by atoms with E-state index >= 15 is 0 Å². The number of phenolic OH excluding ortho intramolecular Hbond substituents is 1. The normalized spacial score (nSPS) is 11.8. The highest BCUT2D eigenvalue weighted by atomic mass is 19.1. The quantitative estimate of drug-likeness (QED) is 0.553. The molecular weight excluding hydrogens is 411 g/mol. The van der Waals surface area contributed by atoms with E-state index in [1.807, 2.05) is 13.8 Å². The van der Waals surface area contributed by atoms with Crippen molar-refractivity contribution in [1.29, 1.82) is 0 Å². The van der Waals surface area contributed by atoms with Crippen LogP contribution < -0.4 is 5.56 Å². The highest BCUT2D eigenvalue weighted by Gasteiger charge is 2.30. The maximum atomic E-state index is 14.2. The molecule has 3 rings (SSSR count). The second-order valence-corrected chi connectivity index (χ2v) is 9.41. The molecule has 3 aromatic rings. The van der Waals surface area contributed by atoms with E-state index in [1.54, 1.807) is 43.5 Å². The summed E-state index contributed by atoms with van der Waals surface area (Å²) >= 11 is 0. The topological polar surface area (TPSA) is 82.8 Å². The summed E-state index contributed by atoms with van der Waals surface area (Å²) in [5, 5.41) is 20.9. The molecule has 0 bridgehead atoms. The SMILES string of the molecule is CC(C)Cn1c(CN(C(=O)O)C(C)(C)C)c(-c2cccc(F)c2)c2cc(O)ccc2c1=O. The van der Waals surface area contributed by atoms with E-state index in [2.05, 4.69) is 0 Å². The summed E-state index contributed by atoms with van der Waals surface area (Å²) in [6.07, 6.45) is -1.12. The van der Waals surface area contributed by atoms with Crippen molar-refractivity contribution in [2.75, 3.05) is 0 Å². The highest BCUT2D eigenvalue weighted by Crippen LogP contribution is 2.35. The number of hydrogen-bond donors (Lipinski definition) is 2. The van der Waals surface area contributed by atoms with E-state index in [4.69, 9.17) is 0 Å². The van der Waals surface area contributed by atoms with E-state index in [0.717, 1.165) is 0 Å². The number of phenols is 1. The van der Waals surface area contributed by atoms with Gasteiger partial charge in [-0.15, -0.1) is 0 Å². The average molecular weight is 441 g/mol. The second-order valence-electron chi connectivity index (χ2n) is 9.41. The van der Waals surface area contributed by atoms with E-state index in [-0.39, 0.29) is 23.8 Å². The molecule has 32 heavy (non-hydrogen) atoms. The molecule has 170 valence electrons. The van der Waals surface area contributed by atoms with Gasteiger partial charge in [-0.05, 0) is 62.6 Å². The lowest BCUT2D eigenvalue weighted by Gasteiger charge is -2.35. The van der Waals surface area contributed by atoms with Crippen molar-refractivity contribution in [1.82, 2.24) is 9.47 Å². The van der Waals surface area contributed by atoms with Crippen molar-refractivity contribution < 1.29 is 19.4 Å². The van der Waals surface area contributed by atoms with Gasteiger partial charge in [0.05, 0.1) is 6.54 Å². The number of rotatable bonds is 5. The summed E-state index contributed by atoms with van der Waals surface area (Å²) < 4.78 is 15.8. The summed E-state index contributed by atoms with van der Waals surface area (Å²) in [5.74, 6) is -0.378. The number of benzene rings is 2. The van der Waals surface area contributed by atoms with E-state index in [0.29, 0.717) is 34.1 Å². The molecule has 1 aromatic heterocycles. The van der Waals surface area contributed by atoms with Crippen LogP contribution in [0.1, 0.15) is 40.3 Å². The van der Waals surface area contributed by atoms with Crippen LogP contribution in [0.3, 0.4) is 0 Å². The molecule has 6 nitrogen and oxygen atoms in total. The Morgan fingerprint density at radius 3 is 2.38 bits per heavy atom. The van der Waals surface area contributed by atoms with E-state index in [1.165, 1.54) is 29.2 Å². The van der Waals surface area contributed by atoms with Crippen LogP contribution in [0.15, 0.2) is 47.3 Å². The fourth-order valence-electron chi connectivity index (χ4n) is 3.91. The van der Waals surface area contributed by atoms with Crippen LogP contribution in [0, 0.1) is 11.7 Å². The Labute approximate surface area is 186 Å². The predicted molar refractivity (Wildman–Crippen MR) is 123 cm³/mol. The molecule has 1 amide bonds. The lowest BCUT2D eigenvalue weighted by Crippen LogP contribution is -2.45. The molecule has 0 aliphatic rings. The Kier molecular flexibility index (Phi) is 6.30. The Bertz CT molecular complexity index is 1230. The van der Waals surface area contributed by atoms with Crippen molar-refractivity contribution in [3.63, 3.8) is 0 Å². The first-order chi connectivity index (χ1) is 14.9. The molecule has 0 saturated carbocycles. The zero-order valence-electron chi connectivity index (χ0n) is 19.0. The molecule has 7 heteroatoms. The number of fused-ring (bicyclic) bond motifs is 1. The van der Waals surface area contributed by atoms with Crippen molar-refractivity contribution in [2.24, 2.45) is 5.92 Å². The molecule has 2 aromatic carbocycles. The Morgan fingerprint density at radius 2 is 1.81 bits per heavy atom. The molecular formula is C25H29FN2O4. The molecule has 0 saturated heterocycles. The number of carbonyl (C=O) groups is 1. The van der Waals surface area contributed by atoms with Gasteiger partial charge in [-0.25, -0.2) is 9.18 Å². The highest BCUT2D eigenvalue weighted by molar-refractivity contribution is 5.98. The van der Waals surface area contributed by atoms with Crippen molar-refractivity contribution in [3.05, 3.63) is 64.3 Å². The van der Waals surface area contributed by atoms with Crippen LogP contribution in [0.25, 0.3) is 21.9 Å². The molecule has 0 unspecified atom stereocenters. The molecule has 2 N–H and O–H groups in total. The Hall–Kier alpha value is -3.35. The first-order valence-corrected chi connectivity index (χ1v) is 10.5. The van der Waals surface area contributed by atoms with Gasteiger partial charge in [0.2, 0.25) is 0 Å². The van der Waals surface area contributed by atoms with Gasteiger partial charge in [0.1, 0.15) is 11.6 Å². The summed E-state index contributed by atoms with van der Waals surface area (Å²) in [6, 6.07) is 10.4. The summed E-state index contributed by atoms with van der Waals surface area (Å²) in [5.41, 5.74) is 0.490. The van der Waals surface area contributed by atoms with Gasteiger partial charge < -0.3 is 14.8 Å². The first kappa shape index (κ1) is 23.3. The van der Waals surface area contributed by atoms with E-state index < -0.39 is 17.4 Å². The summed E-state index contributed by atoms with van der Waals surface area (Å²) in [6.45, 7) is 9.57. The van der Waals surface area contributed by atoms with Crippen LogP contribution in [0.5, 0.6) is 5.75 Å². The third-order valence-corrected chi connectivity index (χ3v) is 5.37. The predicted octanol–water partition coefficient (Wildman–Crippen LogP) is 5.45. The largest absolute Gasteiger partial charge is 0.508 e. The van der Waals surface area contributed by atoms with Crippen LogP contribution in [-0.2, 0) is 13.1 Å². The molecule has 0 atom stereocenters. The standard InChI is InChI=1S/C25H29FN2O4/c1-15(2)13-27-21(14-28(24(31)32)25(3,4)5)22(16-7-6-8-17(26)11-16)20-12-18(29)9-10-19(20)23(27)30/h6-12,15,29H,13-14H2,1-5H3,(H,31,32). The zero-order valence-corrected chi connectivity index (χ0v) is 19.0. The van der Waals surface area contributed by atoms with Gasteiger partial charge in [-0.2, -0.15) is 0 Å². The van der Waals surface area contributed by atoms with Gasteiger partial charge in [-0.1, -0.05) is 26.0 Å². The fraction of sp³-hybridized carbons (Fsp3) is 0.360. The minimum atomic E-state index is -1.12. The van der Waals surface area contributed by atoms with Crippen LogP contribution in [-0.4, -0.2) is 31.3 Å². The third-order valence-electron chi connectivity index (χ3n) is 5.37. The molecule has 1 heterocycles. The molecule has 0 aliphatic heterocycles. The molecule has 0 spiro atoms. The van der Waals surface area contributed by atoms with Gasteiger partial charge in [-0.3, -0.25) is 9.69 Å². The van der Waals surface area contributed by atoms with Crippen molar-refractivity contribution >= 4 is 16.9 Å². The minimum Gasteiger partial charge on any atom is -0.508 e. The van der Waals surface area contributed by atoms with Crippen LogP contribution in [0.4, 0.5) is 9.18 Å². The van der Waals surface area contributed by atoms with Gasteiger partial charge in [0.25, 0.3) is 5.56 Å². The number of carboxylic acid groups (broad SMARTS) is 1. The maximum Gasteiger partial charge on any atom is 0.408 e. The maximum absolute atomic E-state index is 14.2. The van der Waals surface area contributed by atoms with Crippen molar-refractivity contribution in [3.8, 4) is 16.9 Å². The van der Waals surface area contributed by atoms with E-state index in [9.17, 15) is 24.2 Å². The Morgan fingerprint density at radius 1 is 1.12 bits per heavy atom. The zero-order chi connectivity index (χ0) is 23.8. The van der Waals surface area contributed by atoms with Gasteiger partial charge in [0, 0.05) is 34.1 Å². The monoisotopic (exact) mass is 440 g/mol. The molecule has 0 radical (unpaired) electrons. The minimum absolute atomic E-state index is 0.0342. The molecule has 0 aliphatic carbocycles. The first-order valence-electron chi connectivity index (χ1n) is 10.5. The second kappa shape index (κ2) is 8.65. The number of amides is 1. The summed E-state index contributed by atoms with van der Waals surface area (Å²) in [4.78, 5) is 26.9. The van der Waals surface area contributed by atoms with Crippen LogP contribution in [0.2, 0.25) is 0 Å². The number of halogens is 1.